The molecule has 1 aromatic rings. The molecule has 0 aliphatic rings. The van der Waals surface area contributed by atoms with Crippen LogP contribution in [0.25, 0.3) is 0 Å². The number of nitrogens with two attached hydrogens (primary N) is 1. The Labute approximate surface area is 84.7 Å². The van der Waals surface area contributed by atoms with Gasteiger partial charge in [0, 0.05) is 11.1 Å². The third-order valence-corrected chi connectivity index (χ3v) is 2.10. The van der Waals surface area contributed by atoms with Crippen LogP contribution in [0.2, 0.25) is 5.02 Å². The fourth-order valence-electron chi connectivity index (χ4n) is 1.14. The molecule has 1 atom stereocenters. The standard InChI is InChI=1S/C9H9ClF3N/c10-7-4-2-1-3-6(7)8(14)5-9(11,12)13/h1-4,8H,5,14H2/t8-/m0/s1. The van der Waals surface area contributed by atoms with Crippen LogP contribution in [0.3, 0.4) is 0 Å². The highest BCUT2D eigenvalue weighted by Gasteiger charge is 2.31. The first kappa shape index (κ1) is 11.3. The van der Waals surface area contributed by atoms with E-state index in [2.05, 4.69) is 0 Å². The molecule has 1 aromatic carbocycles. The van der Waals surface area contributed by atoms with Crippen molar-refractivity contribution in [2.24, 2.45) is 5.73 Å². The second-order valence-corrected chi connectivity index (χ2v) is 3.35. The molecule has 0 saturated heterocycles. The minimum Gasteiger partial charge on any atom is -0.324 e. The summed E-state index contributed by atoms with van der Waals surface area (Å²) in [4.78, 5) is 0. The van der Waals surface area contributed by atoms with E-state index in [9.17, 15) is 13.2 Å². The van der Waals surface area contributed by atoms with Gasteiger partial charge in [-0.2, -0.15) is 13.2 Å². The van der Waals surface area contributed by atoms with Crippen LogP contribution in [0.1, 0.15) is 18.0 Å². The topological polar surface area (TPSA) is 26.0 Å². The van der Waals surface area contributed by atoms with E-state index >= 15 is 0 Å². The number of alkyl halides is 3. The Morgan fingerprint density at radius 3 is 2.36 bits per heavy atom. The zero-order valence-corrected chi connectivity index (χ0v) is 7.94. The summed E-state index contributed by atoms with van der Waals surface area (Å²) < 4.78 is 36.0. The third-order valence-electron chi connectivity index (χ3n) is 1.76. The lowest BCUT2D eigenvalue weighted by Gasteiger charge is -2.15. The Kier molecular flexibility index (Phi) is 3.39. The molecule has 2 N–H and O–H groups in total. The highest BCUT2D eigenvalue weighted by molar-refractivity contribution is 6.31. The van der Waals surface area contributed by atoms with E-state index in [0.29, 0.717) is 5.56 Å². The fraction of sp³-hybridized carbons (Fsp3) is 0.333. The van der Waals surface area contributed by atoms with Gasteiger partial charge in [0.1, 0.15) is 0 Å². The van der Waals surface area contributed by atoms with Gasteiger partial charge in [-0.05, 0) is 11.6 Å². The van der Waals surface area contributed by atoms with Crippen molar-refractivity contribution in [2.45, 2.75) is 18.6 Å². The molecule has 0 bridgehead atoms. The van der Waals surface area contributed by atoms with Gasteiger partial charge in [0.15, 0.2) is 0 Å². The van der Waals surface area contributed by atoms with Gasteiger partial charge in [0.05, 0.1) is 6.42 Å². The van der Waals surface area contributed by atoms with E-state index in [1.54, 1.807) is 12.1 Å². The van der Waals surface area contributed by atoms with Gasteiger partial charge in [0.2, 0.25) is 0 Å². The molecule has 1 nitrogen and oxygen atoms in total. The van der Waals surface area contributed by atoms with Crippen molar-refractivity contribution in [3.8, 4) is 0 Å². The monoisotopic (exact) mass is 223 g/mol. The highest BCUT2D eigenvalue weighted by atomic mass is 35.5. The first-order valence-corrected chi connectivity index (χ1v) is 4.35. The van der Waals surface area contributed by atoms with Crippen molar-refractivity contribution < 1.29 is 13.2 Å². The molecule has 78 valence electrons. The Hall–Kier alpha value is -0.740. The Balaban J connectivity index is 2.80. The minimum absolute atomic E-state index is 0.268. The van der Waals surface area contributed by atoms with Gasteiger partial charge in [-0.15, -0.1) is 0 Å². The maximum atomic E-state index is 12.0. The van der Waals surface area contributed by atoms with Gasteiger partial charge in [0.25, 0.3) is 0 Å². The molecule has 0 spiro atoms. The van der Waals surface area contributed by atoms with Crippen molar-refractivity contribution in [3.05, 3.63) is 34.9 Å². The van der Waals surface area contributed by atoms with Gasteiger partial charge in [-0.3, -0.25) is 0 Å². The second-order valence-electron chi connectivity index (χ2n) is 2.95. The number of hydrogen-bond donors (Lipinski definition) is 1. The van der Waals surface area contributed by atoms with Crippen molar-refractivity contribution in [3.63, 3.8) is 0 Å². The van der Waals surface area contributed by atoms with Crippen molar-refractivity contribution in [1.29, 1.82) is 0 Å². The van der Waals surface area contributed by atoms with E-state index in [-0.39, 0.29) is 5.02 Å². The average molecular weight is 224 g/mol. The summed E-state index contributed by atoms with van der Waals surface area (Å²) in [7, 11) is 0. The molecule has 0 aliphatic carbocycles. The number of benzene rings is 1. The Bertz CT molecular complexity index is 311. The zero-order valence-electron chi connectivity index (χ0n) is 7.18. The molecule has 0 aliphatic heterocycles. The van der Waals surface area contributed by atoms with Crippen molar-refractivity contribution in [2.75, 3.05) is 0 Å². The normalized spacial score (nSPS) is 14.1. The van der Waals surface area contributed by atoms with Crippen LogP contribution in [-0.4, -0.2) is 6.18 Å². The molecule has 5 heteroatoms. The molecule has 0 amide bonds. The SMILES string of the molecule is N[C@@H](CC(F)(F)F)c1ccccc1Cl. The summed E-state index contributed by atoms with van der Waals surface area (Å²) >= 11 is 5.70. The lowest BCUT2D eigenvalue weighted by Crippen LogP contribution is -2.20. The van der Waals surface area contributed by atoms with Crippen molar-refractivity contribution in [1.82, 2.24) is 0 Å². The van der Waals surface area contributed by atoms with Crippen LogP contribution < -0.4 is 5.73 Å². The lowest BCUT2D eigenvalue weighted by atomic mass is 10.0. The predicted molar refractivity (Wildman–Crippen MR) is 49.1 cm³/mol. The Morgan fingerprint density at radius 2 is 1.86 bits per heavy atom. The fourth-order valence-corrected chi connectivity index (χ4v) is 1.41. The quantitative estimate of drug-likeness (QED) is 0.818. The molecule has 1 rings (SSSR count). The smallest absolute Gasteiger partial charge is 0.324 e. The number of hydrogen-bond acceptors (Lipinski definition) is 1. The van der Waals surface area contributed by atoms with Crippen LogP contribution in [0.5, 0.6) is 0 Å². The van der Waals surface area contributed by atoms with Crippen LogP contribution in [0, 0.1) is 0 Å². The van der Waals surface area contributed by atoms with E-state index in [4.69, 9.17) is 17.3 Å². The van der Waals surface area contributed by atoms with Gasteiger partial charge in [-0.25, -0.2) is 0 Å². The molecule has 14 heavy (non-hydrogen) atoms. The summed E-state index contributed by atoms with van der Waals surface area (Å²) in [5, 5.41) is 0.268. The van der Waals surface area contributed by atoms with Crippen LogP contribution in [0.4, 0.5) is 13.2 Å². The first-order chi connectivity index (χ1) is 6.40. The summed E-state index contributed by atoms with van der Waals surface area (Å²) in [6.07, 6.45) is -5.32. The molecule has 0 heterocycles. The maximum Gasteiger partial charge on any atom is 0.390 e. The maximum absolute atomic E-state index is 12.0. The summed E-state index contributed by atoms with van der Waals surface area (Å²) in [5.74, 6) is 0. The molecule has 0 fully saturated rings. The average Bonchev–Trinajstić information content (AvgIpc) is 2.01. The second kappa shape index (κ2) is 4.19. The van der Waals surface area contributed by atoms with E-state index in [0.717, 1.165) is 0 Å². The highest BCUT2D eigenvalue weighted by Crippen LogP contribution is 2.30. The molecule has 0 unspecified atom stereocenters. The third kappa shape index (κ3) is 3.20. The van der Waals surface area contributed by atoms with Crippen LogP contribution in [-0.2, 0) is 0 Å². The minimum atomic E-state index is -4.27. The number of rotatable bonds is 2. The predicted octanol–water partition coefficient (Wildman–Crippen LogP) is 3.29. The van der Waals surface area contributed by atoms with E-state index < -0.39 is 18.6 Å². The molecule has 0 aromatic heterocycles. The van der Waals surface area contributed by atoms with E-state index in [1.807, 2.05) is 0 Å². The summed E-state index contributed by atoms with van der Waals surface area (Å²) in [6.45, 7) is 0. The molecular formula is C9H9ClF3N. The first-order valence-electron chi connectivity index (χ1n) is 3.97. The van der Waals surface area contributed by atoms with Crippen LogP contribution >= 0.6 is 11.6 Å². The largest absolute Gasteiger partial charge is 0.390 e. The lowest BCUT2D eigenvalue weighted by molar-refractivity contribution is -0.138. The number of halogens is 4. The van der Waals surface area contributed by atoms with Crippen molar-refractivity contribution >= 4 is 11.6 Å². The van der Waals surface area contributed by atoms with Gasteiger partial charge < -0.3 is 5.73 Å². The van der Waals surface area contributed by atoms with Gasteiger partial charge in [-0.1, -0.05) is 29.8 Å². The Morgan fingerprint density at radius 1 is 1.29 bits per heavy atom. The molecule has 0 saturated carbocycles. The zero-order chi connectivity index (χ0) is 10.8. The van der Waals surface area contributed by atoms with Crippen LogP contribution in [0.15, 0.2) is 24.3 Å². The van der Waals surface area contributed by atoms with E-state index in [1.165, 1.54) is 12.1 Å². The summed E-state index contributed by atoms with van der Waals surface area (Å²) in [6, 6.07) is 5.18. The molecule has 0 radical (unpaired) electrons. The summed E-state index contributed by atoms with van der Waals surface area (Å²) in [5.41, 5.74) is 5.70. The molecular weight excluding hydrogens is 215 g/mol. The van der Waals surface area contributed by atoms with Gasteiger partial charge >= 0.3 is 6.18 Å².